The van der Waals surface area contributed by atoms with Gasteiger partial charge in [-0.25, -0.2) is 4.68 Å². The maximum atomic E-state index is 7.21. The second-order valence-electron chi connectivity index (χ2n) is 5.84. The second-order valence-corrected chi connectivity index (χ2v) is 5.84. The Morgan fingerprint density at radius 3 is 2.37 bits per heavy atom. The van der Waals surface area contributed by atoms with E-state index in [9.17, 15) is 0 Å². The van der Waals surface area contributed by atoms with Crippen molar-refractivity contribution in [3.8, 4) is 0 Å². The quantitative estimate of drug-likeness (QED) is 0.664. The van der Waals surface area contributed by atoms with E-state index in [1.807, 2.05) is 40.8 Å². The molecule has 1 aliphatic heterocycles. The topological polar surface area (TPSA) is 60.1 Å². The smallest absolute Gasteiger partial charge is 0.399 e. The Morgan fingerprint density at radius 2 is 1.89 bits per heavy atom. The summed E-state index contributed by atoms with van der Waals surface area (Å²) in [6.07, 6.45) is 2.98. The number of nitrogens with one attached hydrogen (secondary N) is 1. The minimum absolute atomic E-state index is 0.370. The molecule has 0 saturated carbocycles. The van der Waals surface area contributed by atoms with Crippen molar-refractivity contribution in [2.75, 3.05) is 0 Å². The number of aromatic nitrogens is 2. The first kappa shape index (κ1) is 14.0. The van der Waals surface area contributed by atoms with Gasteiger partial charge in [0.1, 0.15) is 0 Å². The van der Waals surface area contributed by atoms with Crippen LogP contribution < -0.4 is 5.46 Å². The van der Waals surface area contributed by atoms with Crippen molar-refractivity contribution in [3.05, 3.63) is 18.5 Å². The largest absolute Gasteiger partial charge is 0.498 e. The molecular formula is C13H20BN3O2. The van der Waals surface area contributed by atoms with Crippen LogP contribution in [0.5, 0.6) is 0 Å². The maximum absolute atomic E-state index is 7.21. The van der Waals surface area contributed by atoms with Gasteiger partial charge in [0, 0.05) is 17.9 Å². The molecule has 1 N–H and O–H groups in total. The van der Waals surface area contributed by atoms with Crippen molar-refractivity contribution < 1.29 is 9.31 Å². The minimum Gasteiger partial charge on any atom is -0.399 e. The molecule has 1 aliphatic rings. The fourth-order valence-corrected chi connectivity index (χ4v) is 1.89. The second kappa shape index (κ2) is 4.32. The highest BCUT2D eigenvalue weighted by Crippen LogP contribution is 2.36. The molecule has 1 saturated heterocycles. The average Bonchev–Trinajstić information content (AvgIpc) is 2.77. The van der Waals surface area contributed by atoms with E-state index in [4.69, 9.17) is 14.7 Å². The van der Waals surface area contributed by atoms with Crippen LogP contribution in [0.1, 0.15) is 33.4 Å². The molecule has 2 rings (SSSR count). The lowest BCUT2D eigenvalue weighted by Crippen LogP contribution is -2.41. The van der Waals surface area contributed by atoms with Gasteiger partial charge in [-0.1, -0.05) is 6.58 Å². The zero-order valence-electron chi connectivity index (χ0n) is 12.2. The Bertz CT molecular complexity index is 518. The average molecular weight is 261 g/mol. The van der Waals surface area contributed by atoms with Gasteiger partial charge in [0.05, 0.1) is 22.6 Å². The number of hydrogen-bond donors (Lipinski definition) is 1. The predicted molar refractivity (Wildman–Crippen MR) is 76.8 cm³/mol. The van der Waals surface area contributed by atoms with Crippen LogP contribution >= 0.6 is 0 Å². The van der Waals surface area contributed by atoms with Crippen molar-refractivity contribution in [1.29, 1.82) is 5.41 Å². The molecule has 1 aromatic heterocycles. The van der Waals surface area contributed by atoms with E-state index in [0.717, 1.165) is 11.2 Å². The van der Waals surface area contributed by atoms with Crippen molar-refractivity contribution >= 4 is 24.5 Å². The summed E-state index contributed by atoms with van der Waals surface area (Å²) in [5, 5.41) is 11.5. The first-order valence-electron chi connectivity index (χ1n) is 6.29. The monoisotopic (exact) mass is 261 g/mol. The number of aryl methyl sites for hydroxylation is 1. The molecule has 0 aromatic carbocycles. The zero-order chi connectivity index (χ0) is 14.4. The number of nitrogens with zero attached hydrogens (tertiary/aromatic N) is 2. The highest BCUT2D eigenvalue weighted by Gasteiger charge is 2.52. The Balaban J connectivity index is 2.32. The third-order valence-corrected chi connectivity index (χ3v) is 3.90. The highest BCUT2D eigenvalue weighted by atomic mass is 16.7. The minimum atomic E-state index is -0.433. The first-order valence-corrected chi connectivity index (χ1v) is 6.29. The molecule has 19 heavy (non-hydrogen) atoms. The van der Waals surface area contributed by atoms with Gasteiger partial charge in [0.15, 0.2) is 0 Å². The molecular weight excluding hydrogens is 241 g/mol. The Morgan fingerprint density at radius 1 is 1.37 bits per heavy atom. The van der Waals surface area contributed by atoms with Gasteiger partial charge in [-0.15, -0.1) is 0 Å². The summed E-state index contributed by atoms with van der Waals surface area (Å²) in [6, 6.07) is 0. The van der Waals surface area contributed by atoms with Gasteiger partial charge in [0.25, 0.3) is 0 Å². The van der Waals surface area contributed by atoms with Crippen molar-refractivity contribution in [3.63, 3.8) is 0 Å². The number of allylic oxidation sites excluding steroid dienone is 1. The third-order valence-electron chi connectivity index (χ3n) is 3.90. The zero-order valence-corrected chi connectivity index (χ0v) is 12.2. The molecule has 0 radical (unpaired) electrons. The molecule has 1 fully saturated rings. The van der Waals surface area contributed by atoms with Crippen LogP contribution in [-0.4, -0.2) is 34.3 Å². The first-order chi connectivity index (χ1) is 8.68. The van der Waals surface area contributed by atoms with Crippen molar-refractivity contribution in [2.24, 2.45) is 0 Å². The van der Waals surface area contributed by atoms with Gasteiger partial charge in [0.2, 0.25) is 0 Å². The van der Waals surface area contributed by atoms with Gasteiger partial charge in [-0.2, -0.15) is 5.10 Å². The van der Waals surface area contributed by atoms with E-state index in [2.05, 4.69) is 11.7 Å². The lowest BCUT2D eigenvalue weighted by molar-refractivity contribution is 0.00578. The van der Waals surface area contributed by atoms with E-state index in [-0.39, 0.29) is 11.2 Å². The van der Waals surface area contributed by atoms with Crippen LogP contribution in [0.15, 0.2) is 12.8 Å². The molecule has 0 aliphatic carbocycles. The molecule has 0 unspecified atom stereocenters. The van der Waals surface area contributed by atoms with Gasteiger partial charge in [-0.05, 0) is 34.6 Å². The summed E-state index contributed by atoms with van der Waals surface area (Å²) < 4.78 is 13.6. The summed E-state index contributed by atoms with van der Waals surface area (Å²) in [6.45, 7) is 13.7. The number of rotatable bonds is 3. The molecule has 5 nitrogen and oxygen atoms in total. The Kier molecular flexibility index (Phi) is 3.19. The lowest BCUT2D eigenvalue weighted by Gasteiger charge is -2.32. The Hall–Kier alpha value is -1.40. The third kappa shape index (κ3) is 2.26. The molecule has 102 valence electrons. The van der Waals surface area contributed by atoms with Crippen LogP contribution in [0.2, 0.25) is 0 Å². The summed E-state index contributed by atoms with van der Waals surface area (Å²) in [5.74, 6) is 0. The normalized spacial score (nSPS) is 20.6. The van der Waals surface area contributed by atoms with Gasteiger partial charge < -0.3 is 14.7 Å². The van der Waals surface area contributed by atoms with Crippen molar-refractivity contribution in [2.45, 2.75) is 45.8 Å². The molecule has 2 heterocycles. The van der Waals surface area contributed by atoms with E-state index in [0.29, 0.717) is 5.70 Å². The van der Waals surface area contributed by atoms with E-state index in [1.165, 1.54) is 6.21 Å². The van der Waals surface area contributed by atoms with Crippen LogP contribution in [0, 0.1) is 12.3 Å². The van der Waals surface area contributed by atoms with E-state index < -0.39 is 7.12 Å². The summed E-state index contributed by atoms with van der Waals surface area (Å²) >= 11 is 0. The van der Waals surface area contributed by atoms with E-state index in [1.54, 1.807) is 4.68 Å². The van der Waals surface area contributed by atoms with Gasteiger partial charge >= 0.3 is 7.12 Å². The molecule has 6 heteroatoms. The fourth-order valence-electron chi connectivity index (χ4n) is 1.89. The highest BCUT2D eigenvalue weighted by molar-refractivity contribution is 6.62. The van der Waals surface area contributed by atoms with Crippen molar-refractivity contribution in [1.82, 2.24) is 9.78 Å². The van der Waals surface area contributed by atoms with Crippen LogP contribution in [0.4, 0.5) is 0 Å². The van der Waals surface area contributed by atoms with E-state index >= 15 is 0 Å². The molecule has 0 spiro atoms. The van der Waals surface area contributed by atoms with Crippen LogP contribution in [-0.2, 0) is 9.31 Å². The summed E-state index contributed by atoms with van der Waals surface area (Å²) in [7, 11) is -0.433. The summed E-state index contributed by atoms with van der Waals surface area (Å²) in [4.78, 5) is 0. The molecule has 0 atom stereocenters. The SMILES string of the molecule is C=C(C=N)n1cc(B2OC(C)(C)C(C)(C)O2)c(C)n1. The van der Waals surface area contributed by atoms with Gasteiger partial charge in [-0.3, -0.25) is 0 Å². The summed E-state index contributed by atoms with van der Waals surface area (Å²) in [5.41, 5.74) is 1.46. The standard InChI is InChI=1S/C13H20BN3O2/c1-9(7-15)17-8-11(10(2)16-17)14-18-12(3,4)13(5,6)19-14/h7-8,15H,1H2,2-6H3. The van der Waals surface area contributed by atoms with Crippen LogP contribution in [0.25, 0.3) is 5.70 Å². The lowest BCUT2D eigenvalue weighted by atomic mass is 9.79. The maximum Gasteiger partial charge on any atom is 0.498 e. The molecule has 1 aromatic rings. The molecule has 0 bridgehead atoms. The fraction of sp³-hybridized carbons (Fsp3) is 0.538. The molecule has 0 amide bonds. The number of hydrogen-bond acceptors (Lipinski definition) is 4. The van der Waals surface area contributed by atoms with Crippen LogP contribution in [0.3, 0.4) is 0 Å². The predicted octanol–water partition coefficient (Wildman–Crippen LogP) is 1.61. The Labute approximate surface area is 114 Å².